The average molecular weight is 413 g/mol. The van der Waals surface area contributed by atoms with Gasteiger partial charge >= 0.3 is 6.03 Å². The molecule has 0 fully saturated rings. The van der Waals surface area contributed by atoms with Gasteiger partial charge in [0.05, 0.1) is 11.1 Å². The number of nitrogens with one attached hydrogen (secondary N) is 1. The maximum atomic E-state index is 12.2. The van der Waals surface area contributed by atoms with Gasteiger partial charge in [-0.3, -0.25) is 0 Å². The Labute approximate surface area is 161 Å². The monoisotopic (exact) mass is 412 g/mol. The van der Waals surface area contributed by atoms with Crippen LogP contribution < -0.4 is 10.1 Å². The first kappa shape index (κ1) is 21.8. The van der Waals surface area contributed by atoms with Crippen LogP contribution in [0.15, 0.2) is 22.7 Å². The lowest BCUT2D eigenvalue weighted by atomic mass is 9.87. The summed E-state index contributed by atoms with van der Waals surface area (Å²) in [4.78, 5) is 14.0. The summed E-state index contributed by atoms with van der Waals surface area (Å²) in [5.41, 5.74) is 1.21. The molecular weight excluding hydrogens is 380 g/mol. The van der Waals surface area contributed by atoms with Crippen LogP contribution in [0.25, 0.3) is 0 Å². The summed E-state index contributed by atoms with van der Waals surface area (Å²) in [7, 11) is 0. The van der Waals surface area contributed by atoms with Gasteiger partial charge in [-0.05, 0) is 73.2 Å². The Bertz CT molecular complexity index is 574. The van der Waals surface area contributed by atoms with Crippen molar-refractivity contribution in [1.29, 1.82) is 0 Å². The van der Waals surface area contributed by atoms with Crippen LogP contribution in [0.5, 0.6) is 5.75 Å². The van der Waals surface area contributed by atoms with Crippen LogP contribution in [-0.2, 0) is 5.41 Å². The van der Waals surface area contributed by atoms with Crippen LogP contribution in [0.4, 0.5) is 4.79 Å². The van der Waals surface area contributed by atoms with Crippen molar-refractivity contribution in [2.45, 2.75) is 65.8 Å². The molecule has 0 aliphatic carbocycles. The number of amides is 2. The molecule has 0 aromatic heterocycles. The van der Waals surface area contributed by atoms with Crippen molar-refractivity contribution in [3.63, 3.8) is 0 Å². The van der Waals surface area contributed by atoms with Crippen LogP contribution in [0.2, 0.25) is 0 Å². The summed E-state index contributed by atoms with van der Waals surface area (Å²) < 4.78 is 6.80. The molecule has 1 rings (SSSR count). The molecule has 0 spiro atoms. The van der Waals surface area contributed by atoms with Crippen molar-refractivity contribution in [3.8, 4) is 5.75 Å². The zero-order valence-corrected chi connectivity index (χ0v) is 18.3. The van der Waals surface area contributed by atoms with Crippen molar-refractivity contribution in [3.05, 3.63) is 28.2 Å². The minimum absolute atomic E-state index is 0.0225. The van der Waals surface area contributed by atoms with Crippen LogP contribution in [0.1, 0.15) is 60.5 Å². The minimum atomic E-state index is -0.172. The molecule has 1 aromatic rings. The molecule has 0 bridgehead atoms. The second-order valence-electron chi connectivity index (χ2n) is 8.24. The number of carbonyl (C=O) groups is 1. The summed E-state index contributed by atoms with van der Waals surface area (Å²) in [5.74, 6) is 0.837. The Morgan fingerprint density at radius 1 is 1.20 bits per heavy atom. The zero-order chi connectivity index (χ0) is 19.3. The van der Waals surface area contributed by atoms with E-state index in [0.717, 1.165) is 16.6 Å². The first-order chi connectivity index (χ1) is 11.5. The number of hydrogen-bond donors (Lipinski definition) is 1. The molecule has 142 valence electrons. The number of rotatable bonds is 6. The fourth-order valence-electron chi connectivity index (χ4n) is 2.55. The van der Waals surface area contributed by atoms with E-state index in [0.29, 0.717) is 19.7 Å². The number of halogens is 1. The van der Waals surface area contributed by atoms with E-state index in [-0.39, 0.29) is 17.0 Å². The van der Waals surface area contributed by atoms with Gasteiger partial charge in [-0.15, -0.1) is 0 Å². The average Bonchev–Trinajstić information content (AvgIpc) is 2.46. The van der Waals surface area contributed by atoms with Crippen LogP contribution in [-0.4, -0.2) is 36.2 Å². The standard InChI is InChI=1S/C20H33BrN2O2/c1-8-23(20(5,6)7)18(24)22-12-9-13-25-17-11-10-15(14-16(17)21)19(2,3)4/h10-11,14H,8-9,12-13H2,1-7H3,(H,22,24). The van der Waals surface area contributed by atoms with Gasteiger partial charge < -0.3 is 15.0 Å². The van der Waals surface area contributed by atoms with Gasteiger partial charge in [0, 0.05) is 18.6 Å². The molecule has 0 heterocycles. The molecule has 4 nitrogen and oxygen atoms in total. The third-order valence-corrected chi connectivity index (χ3v) is 4.64. The number of hydrogen-bond acceptors (Lipinski definition) is 2. The first-order valence-electron chi connectivity index (χ1n) is 8.95. The van der Waals surface area contributed by atoms with Crippen molar-refractivity contribution < 1.29 is 9.53 Å². The number of nitrogens with zero attached hydrogens (tertiary/aromatic N) is 1. The van der Waals surface area contributed by atoms with Crippen molar-refractivity contribution >= 4 is 22.0 Å². The first-order valence-corrected chi connectivity index (χ1v) is 9.74. The molecule has 0 saturated carbocycles. The van der Waals surface area contributed by atoms with Crippen LogP contribution >= 0.6 is 15.9 Å². The van der Waals surface area contributed by atoms with Gasteiger partial charge in [0.2, 0.25) is 0 Å². The predicted octanol–water partition coefficient (Wildman–Crippen LogP) is 5.35. The molecule has 2 amide bonds. The van der Waals surface area contributed by atoms with Crippen molar-refractivity contribution in [2.24, 2.45) is 0 Å². The van der Waals surface area contributed by atoms with E-state index in [1.807, 2.05) is 38.7 Å². The molecule has 0 unspecified atom stereocenters. The molecule has 0 atom stereocenters. The molecule has 0 aliphatic heterocycles. The van der Waals surface area contributed by atoms with Gasteiger partial charge in [0.1, 0.15) is 5.75 Å². The second-order valence-corrected chi connectivity index (χ2v) is 9.10. The van der Waals surface area contributed by atoms with Crippen LogP contribution in [0.3, 0.4) is 0 Å². The van der Waals surface area contributed by atoms with E-state index in [1.165, 1.54) is 5.56 Å². The number of carbonyl (C=O) groups excluding carboxylic acids is 1. The molecule has 0 aliphatic rings. The summed E-state index contributed by atoms with van der Waals surface area (Å²) in [6, 6.07) is 6.19. The van der Waals surface area contributed by atoms with Gasteiger partial charge in [0.15, 0.2) is 0 Å². The Morgan fingerprint density at radius 3 is 2.32 bits per heavy atom. The lowest BCUT2D eigenvalue weighted by Crippen LogP contribution is -2.50. The van der Waals surface area contributed by atoms with E-state index in [9.17, 15) is 4.79 Å². The van der Waals surface area contributed by atoms with E-state index in [2.05, 4.69) is 54.2 Å². The van der Waals surface area contributed by atoms with E-state index >= 15 is 0 Å². The quantitative estimate of drug-likeness (QED) is 0.639. The van der Waals surface area contributed by atoms with E-state index < -0.39 is 0 Å². The molecule has 1 aromatic carbocycles. The van der Waals surface area contributed by atoms with E-state index in [4.69, 9.17) is 4.74 Å². The summed E-state index contributed by atoms with van der Waals surface area (Å²) >= 11 is 3.58. The summed E-state index contributed by atoms with van der Waals surface area (Å²) in [6.45, 7) is 16.5. The Kier molecular flexibility index (Phi) is 7.79. The third kappa shape index (κ3) is 6.89. The van der Waals surface area contributed by atoms with Crippen molar-refractivity contribution in [1.82, 2.24) is 10.2 Å². The molecule has 5 heteroatoms. The lowest BCUT2D eigenvalue weighted by Gasteiger charge is -2.34. The molecule has 1 N–H and O–H groups in total. The third-order valence-electron chi connectivity index (χ3n) is 4.02. The number of ether oxygens (including phenoxy) is 1. The maximum Gasteiger partial charge on any atom is 0.317 e. The molecule has 0 saturated heterocycles. The molecular formula is C20H33BrN2O2. The highest BCUT2D eigenvalue weighted by atomic mass is 79.9. The number of benzene rings is 1. The zero-order valence-electron chi connectivity index (χ0n) is 16.7. The smallest absolute Gasteiger partial charge is 0.317 e. The summed E-state index contributed by atoms with van der Waals surface area (Å²) in [6.07, 6.45) is 0.765. The highest BCUT2D eigenvalue weighted by Crippen LogP contribution is 2.31. The van der Waals surface area contributed by atoms with Gasteiger partial charge in [-0.25, -0.2) is 4.79 Å². The second kappa shape index (κ2) is 8.93. The minimum Gasteiger partial charge on any atom is -0.492 e. The van der Waals surface area contributed by atoms with Crippen LogP contribution in [0, 0.1) is 0 Å². The maximum absolute atomic E-state index is 12.2. The highest BCUT2D eigenvalue weighted by Gasteiger charge is 2.24. The highest BCUT2D eigenvalue weighted by molar-refractivity contribution is 9.10. The largest absolute Gasteiger partial charge is 0.492 e. The summed E-state index contributed by atoms with van der Waals surface area (Å²) in [5, 5.41) is 2.97. The van der Waals surface area contributed by atoms with Gasteiger partial charge in [0.25, 0.3) is 0 Å². The fourth-order valence-corrected chi connectivity index (χ4v) is 3.05. The topological polar surface area (TPSA) is 41.6 Å². The predicted molar refractivity (Wildman–Crippen MR) is 108 cm³/mol. The fraction of sp³-hybridized carbons (Fsp3) is 0.650. The Balaban J connectivity index is 2.43. The van der Waals surface area contributed by atoms with Crippen molar-refractivity contribution in [2.75, 3.05) is 19.7 Å². The molecule has 25 heavy (non-hydrogen) atoms. The molecule has 0 radical (unpaired) electrons. The normalized spacial score (nSPS) is 12.0. The Hall–Kier alpha value is -1.23. The van der Waals surface area contributed by atoms with Gasteiger partial charge in [-0.1, -0.05) is 26.8 Å². The van der Waals surface area contributed by atoms with E-state index in [1.54, 1.807) is 0 Å². The Morgan fingerprint density at radius 2 is 1.84 bits per heavy atom. The number of urea groups is 1. The van der Waals surface area contributed by atoms with Gasteiger partial charge in [-0.2, -0.15) is 0 Å². The SMILES string of the molecule is CCN(C(=O)NCCCOc1ccc(C(C)(C)C)cc1Br)C(C)(C)C. The lowest BCUT2D eigenvalue weighted by molar-refractivity contribution is 0.149.